The van der Waals surface area contributed by atoms with E-state index in [1.54, 1.807) is 13.1 Å². The van der Waals surface area contributed by atoms with Crippen LogP contribution in [0.1, 0.15) is 16.8 Å². The van der Waals surface area contributed by atoms with Gasteiger partial charge in [-0.2, -0.15) is 0 Å². The summed E-state index contributed by atoms with van der Waals surface area (Å²) in [7, 11) is 0. The van der Waals surface area contributed by atoms with Crippen molar-refractivity contribution in [3.05, 3.63) is 57.5 Å². The first kappa shape index (κ1) is 12.9. The summed E-state index contributed by atoms with van der Waals surface area (Å²) in [5.41, 5.74) is 2.57. The minimum absolute atomic E-state index is 0.0690. The smallest absolute Gasteiger partial charge is 0.277 e. The molecular weight excluding hydrogens is 244 g/mol. The highest BCUT2D eigenvalue weighted by Crippen LogP contribution is 2.20. The highest BCUT2D eigenvalue weighted by atomic mass is 16.6. The second kappa shape index (κ2) is 5.43. The maximum absolute atomic E-state index is 10.8. The van der Waals surface area contributed by atoms with Crippen molar-refractivity contribution < 1.29 is 4.92 Å². The number of anilines is 1. The summed E-state index contributed by atoms with van der Waals surface area (Å²) in [6, 6.07) is 5.32. The number of nitro groups is 1. The minimum Gasteiger partial charge on any atom is -0.366 e. The van der Waals surface area contributed by atoms with Crippen molar-refractivity contribution in [3.63, 3.8) is 0 Å². The maximum atomic E-state index is 10.8. The van der Waals surface area contributed by atoms with Gasteiger partial charge in [-0.3, -0.25) is 15.1 Å². The van der Waals surface area contributed by atoms with E-state index in [1.165, 1.54) is 12.3 Å². The highest BCUT2D eigenvalue weighted by Gasteiger charge is 2.11. The molecule has 0 fully saturated rings. The van der Waals surface area contributed by atoms with Crippen LogP contribution in [0, 0.1) is 24.0 Å². The zero-order valence-corrected chi connectivity index (χ0v) is 10.8. The molecule has 6 heteroatoms. The van der Waals surface area contributed by atoms with Crippen molar-refractivity contribution in [2.45, 2.75) is 20.4 Å². The van der Waals surface area contributed by atoms with E-state index in [9.17, 15) is 10.1 Å². The third-order valence-corrected chi connectivity index (χ3v) is 2.72. The number of aryl methyl sites for hydroxylation is 2. The predicted molar refractivity (Wildman–Crippen MR) is 71.9 cm³/mol. The summed E-state index contributed by atoms with van der Waals surface area (Å²) < 4.78 is 0. The summed E-state index contributed by atoms with van der Waals surface area (Å²) in [5.74, 6) is 0.484. The summed E-state index contributed by atoms with van der Waals surface area (Å²) in [4.78, 5) is 18.7. The molecule has 98 valence electrons. The van der Waals surface area contributed by atoms with Gasteiger partial charge in [-0.25, -0.2) is 4.98 Å². The molecule has 6 nitrogen and oxygen atoms in total. The summed E-state index contributed by atoms with van der Waals surface area (Å²) >= 11 is 0. The van der Waals surface area contributed by atoms with Gasteiger partial charge in [-0.15, -0.1) is 0 Å². The van der Waals surface area contributed by atoms with Crippen LogP contribution >= 0.6 is 0 Å². The standard InChI is InChI=1S/C13H14N4O2/c1-9-6-15-13(5-12(9)17(18)19)16-8-11-4-3-10(2)14-7-11/h3-7H,8H2,1-2H3,(H,15,16). The molecule has 0 atom stereocenters. The Kier molecular flexibility index (Phi) is 3.70. The van der Waals surface area contributed by atoms with Gasteiger partial charge in [0.05, 0.1) is 11.0 Å². The Hall–Kier alpha value is -2.50. The Bertz CT molecular complexity index is 596. The van der Waals surface area contributed by atoms with Gasteiger partial charge >= 0.3 is 0 Å². The molecular formula is C13H14N4O2. The molecule has 0 radical (unpaired) electrons. The molecule has 0 saturated carbocycles. The molecule has 2 aromatic heterocycles. The lowest BCUT2D eigenvalue weighted by Gasteiger charge is -2.06. The van der Waals surface area contributed by atoms with E-state index < -0.39 is 4.92 Å². The summed E-state index contributed by atoms with van der Waals surface area (Å²) in [6.45, 7) is 4.11. The molecule has 0 aliphatic carbocycles. The van der Waals surface area contributed by atoms with Crippen LogP contribution in [0.4, 0.5) is 11.5 Å². The molecule has 1 N–H and O–H groups in total. The minimum atomic E-state index is -0.407. The normalized spacial score (nSPS) is 10.2. The first-order chi connectivity index (χ1) is 9.06. The van der Waals surface area contributed by atoms with E-state index >= 15 is 0 Å². The largest absolute Gasteiger partial charge is 0.366 e. The molecule has 0 bridgehead atoms. The zero-order valence-electron chi connectivity index (χ0n) is 10.8. The Labute approximate surface area is 110 Å². The summed E-state index contributed by atoms with van der Waals surface area (Å²) in [5, 5.41) is 13.9. The zero-order chi connectivity index (χ0) is 13.8. The lowest BCUT2D eigenvalue weighted by atomic mass is 10.2. The van der Waals surface area contributed by atoms with Crippen LogP contribution in [0.2, 0.25) is 0 Å². The van der Waals surface area contributed by atoms with Crippen LogP contribution in [0.25, 0.3) is 0 Å². The Morgan fingerprint density at radius 2 is 2.05 bits per heavy atom. The van der Waals surface area contributed by atoms with Crippen molar-refractivity contribution in [1.29, 1.82) is 0 Å². The quantitative estimate of drug-likeness (QED) is 0.673. The fourth-order valence-electron chi connectivity index (χ4n) is 1.60. The van der Waals surface area contributed by atoms with E-state index in [1.807, 2.05) is 19.1 Å². The average Bonchev–Trinajstić information content (AvgIpc) is 2.39. The fourth-order valence-corrected chi connectivity index (χ4v) is 1.60. The van der Waals surface area contributed by atoms with Gasteiger partial charge in [0, 0.05) is 30.2 Å². The number of nitrogens with one attached hydrogen (secondary N) is 1. The molecule has 0 spiro atoms. The van der Waals surface area contributed by atoms with Crippen molar-refractivity contribution in [1.82, 2.24) is 9.97 Å². The topological polar surface area (TPSA) is 81.0 Å². The van der Waals surface area contributed by atoms with Crippen LogP contribution < -0.4 is 5.32 Å². The Morgan fingerprint density at radius 1 is 1.26 bits per heavy atom. The Balaban J connectivity index is 2.09. The van der Waals surface area contributed by atoms with Gasteiger partial charge in [-0.1, -0.05) is 6.07 Å². The molecule has 0 unspecified atom stereocenters. The first-order valence-electron chi connectivity index (χ1n) is 5.82. The number of rotatable bonds is 4. The number of hydrogen-bond donors (Lipinski definition) is 1. The number of hydrogen-bond acceptors (Lipinski definition) is 5. The van der Waals surface area contributed by atoms with E-state index in [0.29, 0.717) is 17.9 Å². The molecule has 0 saturated heterocycles. The second-order valence-electron chi connectivity index (χ2n) is 4.27. The molecule has 2 heterocycles. The average molecular weight is 258 g/mol. The maximum Gasteiger partial charge on any atom is 0.277 e. The van der Waals surface area contributed by atoms with E-state index in [0.717, 1.165) is 11.3 Å². The molecule has 0 aromatic carbocycles. The van der Waals surface area contributed by atoms with Crippen molar-refractivity contribution in [2.24, 2.45) is 0 Å². The van der Waals surface area contributed by atoms with Crippen LogP contribution in [0.15, 0.2) is 30.6 Å². The fraction of sp³-hybridized carbons (Fsp3) is 0.231. The van der Waals surface area contributed by atoms with E-state index in [-0.39, 0.29) is 5.69 Å². The lowest BCUT2D eigenvalue weighted by molar-refractivity contribution is -0.385. The van der Waals surface area contributed by atoms with Crippen LogP contribution in [0.3, 0.4) is 0 Å². The molecule has 19 heavy (non-hydrogen) atoms. The van der Waals surface area contributed by atoms with Gasteiger partial charge in [-0.05, 0) is 25.5 Å². The van der Waals surface area contributed by atoms with Gasteiger partial charge < -0.3 is 5.32 Å². The molecule has 2 rings (SSSR count). The van der Waals surface area contributed by atoms with Crippen LogP contribution in [-0.2, 0) is 6.54 Å². The van der Waals surface area contributed by atoms with E-state index in [4.69, 9.17) is 0 Å². The predicted octanol–water partition coefficient (Wildman–Crippen LogP) is 2.61. The molecule has 0 aliphatic heterocycles. The monoisotopic (exact) mass is 258 g/mol. The van der Waals surface area contributed by atoms with Crippen molar-refractivity contribution >= 4 is 11.5 Å². The lowest BCUT2D eigenvalue weighted by Crippen LogP contribution is -2.03. The number of aromatic nitrogens is 2. The van der Waals surface area contributed by atoms with Crippen LogP contribution in [0.5, 0.6) is 0 Å². The highest BCUT2D eigenvalue weighted by molar-refractivity contribution is 5.49. The van der Waals surface area contributed by atoms with Crippen molar-refractivity contribution in [3.8, 4) is 0 Å². The van der Waals surface area contributed by atoms with Gasteiger partial charge in [0.25, 0.3) is 5.69 Å². The molecule has 0 aliphatic rings. The van der Waals surface area contributed by atoms with Gasteiger partial charge in [0.15, 0.2) is 0 Å². The number of nitrogens with zero attached hydrogens (tertiary/aromatic N) is 3. The SMILES string of the molecule is Cc1ccc(CNc2cc([N+](=O)[O-])c(C)cn2)cn1. The molecule has 2 aromatic rings. The van der Waals surface area contributed by atoms with E-state index in [2.05, 4.69) is 15.3 Å². The number of pyridine rings is 2. The molecule has 0 amide bonds. The van der Waals surface area contributed by atoms with Crippen LogP contribution in [-0.4, -0.2) is 14.9 Å². The first-order valence-corrected chi connectivity index (χ1v) is 5.82. The van der Waals surface area contributed by atoms with Gasteiger partial charge in [0.1, 0.15) is 5.82 Å². The van der Waals surface area contributed by atoms with Crippen molar-refractivity contribution in [2.75, 3.05) is 5.32 Å². The second-order valence-corrected chi connectivity index (χ2v) is 4.27. The summed E-state index contributed by atoms with van der Waals surface area (Å²) in [6.07, 6.45) is 3.26. The Morgan fingerprint density at radius 3 is 2.68 bits per heavy atom. The third-order valence-electron chi connectivity index (χ3n) is 2.72. The third kappa shape index (κ3) is 3.25. The van der Waals surface area contributed by atoms with Gasteiger partial charge in [0.2, 0.25) is 0 Å².